The van der Waals surface area contributed by atoms with E-state index in [2.05, 4.69) is 10.2 Å². The predicted octanol–water partition coefficient (Wildman–Crippen LogP) is 1.04. The summed E-state index contributed by atoms with van der Waals surface area (Å²) in [4.78, 5) is 10.2. The molecular weight excluding hydrogens is 128 g/mol. The third kappa shape index (κ3) is 1.29. The van der Waals surface area contributed by atoms with Crippen LogP contribution in [0.1, 0.15) is 20.3 Å². The largest absolute Gasteiger partial charge is 0.296 e. The summed E-state index contributed by atoms with van der Waals surface area (Å²) in [5, 5.41) is 7.55. The van der Waals surface area contributed by atoms with Crippen LogP contribution in [0.15, 0.2) is 10.2 Å². The van der Waals surface area contributed by atoms with Crippen LogP contribution in [0, 0.1) is 5.92 Å². The summed E-state index contributed by atoms with van der Waals surface area (Å²) in [5.41, 5.74) is 1.55. The van der Waals surface area contributed by atoms with Crippen molar-refractivity contribution in [3.05, 3.63) is 0 Å². The molecule has 0 radical (unpaired) electrons. The normalized spacial score (nSPS) is 17.1. The Kier molecular flexibility index (Phi) is 1.94. The average molecular weight is 138 g/mol. The maximum Gasteiger partial charge on any atom is 0.166 e. The maximum absolute atomic E-state index is 10.2. The van der Waals surface area contributed by atoms with Gasteiger partial charge in [-0.2, -0.15) is 10.2 Å². The average Bonchev–Trinajstić information content (AvgIpc) is 2.34. The van der Waals surface area contributed by atoms with Crippen molar-refractivity contribution in [1.82, 2.24) is 0 Å². The number of carbonyl (C=O) groups excluding carboxylic acids is 1. The summed E-state index contributed by atoms with van der Waals surface area (Å²) in [5.74, 6) is 0.404. The molecule has 1 aliphatic rings. The Morgan fingerprint density at radius 1 is 1.50 bits per heavy atom. The SMILES string of the molecule is CC(C)C1=NN=C(C=O)C1. The summed E-state index contributed by atoms with van der Waals surface area (Å²) in [6.45, 7) is 4.09. The molecule has 0 bridgehead atoms. The molecule has 0 atom stereocenters. The first-order valence-electron chi connectivity index (χ1n) is 3.32. The molecular formula is C7H10N2O. The monoisotopic (exact) mass is 138 g/mol. The van der Waals surface area contributed by atoms with Gasteiger partial charge in [0.05, 0.1) is 0 Å². The molecule has 0 aromatic rings. The highest BCUT2D eigenvalue weighted by atomic mass is 16.1. The molecule has 54 valence electrons. The van der Waals surface area contributed by atoms with Crippen LogP contribution in [-0.2, 0) is 4.79 Å². The molecule has 10 heavy (non-hydrogen) atoms. The van der Waals surface area contributed by atoms with Crippen molar-refractivity contribution in [1.29, 1.82) is 0 Å². The van der Waals surface area contributed by atoms with Gasteiger partial charge >= 0.3 is 0 Å². The summed E-state index contributed by atoms with van der Waals surface area (Å²) in [6, 6.07) is 0. The van der Waals surface area contributed by atoms with Gasteiger partial charge in [-0.3, -0.25) is 4.79 Å². The van der Waals surface area contributed by atoms with E-state index in [-0.39, 0.29) is 0 Å². The highest BCUT2D eigenvalue weighted by Crippen LogP contribution is 2.08. The second kappa shape index (κ2) is 2.73. The van der Waals surface area contributed by atoms with E-state index in [1.165, 1.54) is 0 Å². The van der Waals surface area contributed by atoms with E-state index < -0.39 is 0 Å². The molecule has 0 spiro atoms. The Morgan fingerprint density at radius 3 is 2.50 bits per heavy atom. The topological polar surface area (TPSA) is 41.8 Å². The van der Waals surface area contributed by atoms with E-state index in [4.69, 9.17) is 0 Å². The van der Waals surface area contributed by atoms with Crippen molar-refractivity contribution in [2.75, 3.05) is 0 Å². The zero-order valence-electron chi connectivity index (χ0n) is 6.16. The number of nitrogens with zero attached hydrogens (tertiary/aromatic N) is 2. The Balaban J connectivity index is 2.56. The highest BCUT2D eigenvalue weighted by molar-refractivity contribution is 6.34. The van der Waals surface area contributed by atoms with Crippen molar-refractivity contribution in [3.8, 4) is 0 Å². The minimum atomic E-state index is 0.404. The second-order valence-electron chi connectivity index (χ2n) is 2.63. The van der Waals surface area contributed by atoms with Crippen LogP contribution in [0.5, 0.6) is 0 Å². The lowest BCUT2D eigenvalue weighted by Gasteiger charge is -1.99. The van der Waals surface area contributed by atoms with Gasteiger partial charge < -0.3 is 0 Å². The van der Waals surface area contributed by atoms with Gasteiger partial charge in [0.15, 0.2) is 6.29 Å². The quantitative estimate of drug-likeness (QED) is 0.526. The van der Waals surface area contributed by atoms with E-state index in [1.54, 1.807) is 0 Å². The standard InChI is InChI=1S/C7H10N2O/c1-5(2)7-3-6(4-10)8-9-7/h4-5H,3H2,1-2H3. The number of carbonyl (C=O) groups is 1. The minimum Gasteiger partial charge on any atom is -0.296 e. The third-order valence-corrected chi connectivity index (χ3v) is 1.47. The maximum atomic E-state index is 10.2. The molecule has 0 aliphatic carbocycles. The zero-order valence-corrected chi connectivity index (χ0v) is 6.16. The van der Waals surface area contributed by atoms with Crippen molar-refractivity contribution < 1.29 is 4.79 Å². The first kappa shape index (κ1) is 7.12. The predicted molar refractivity (Wildman–Crippen MR) is 40.4 cm³/mol. The molecule has 1 heterocycles. The first-order chi connectivity index (χ1) is 4.74. The number of aldehydes is 1. The van der Waals surface area contributed by atoms with Crippen molar-refractivity contribution in [2.45, 2.75) is 20.3 Å². The van der Waals surface area contributed by atoms with Crippen LogP contribution in [0.4, 0.5) is 0 Å². The lowest BCUT2D eigenvalue weighted by atomic mass is 10.0. The summed E-state index contributed by atoms with van der Waals surface area (Å²) in [6.07, 6.45) is 1.40. The zero-order chi connectivity index (χ0) is 7.56. The van der Waals surface area contributed by atoms with E-state index >= 15 is 0 Å². The molecule has 3 heteroatoms. The first-order valence-corrected chi connectivity index (χ1v) is 3.32. The molecule has 3 nitrogen and oxygen atoms in total. The Hall–Kier alpha value is -0.990. The molecule has 0 saturated carbocycles. The summed E-state index contributed by atoms with van der Waals surface area (Å²) in [7, 11) is 0. The lowest BCUT2D eigenvalue weighted by molar-refractivity contribution is -0.102. The minimum absolute atomic E-state index is 0.404. The van der Waals surface area contributed by atoms with E-state index in [0.717, 1.165) is 12.0 Å². The van der Waals surface area contributed by atoms with E-state index in [9.17, 15) is 4.79 Å². The van der Waals surface area contributed by atoms with Crippen LogP contribution in [-0.4, -0.2) is 17.7 Å². The van der Waals surface area contributed by atoms with Crippen LogP contribution >= 0.6 is 0 Å². The van der Waals surface area contributed by atoms with E-state index in [1.807, 2.05) is 13.8 Å². The van der Waals surface area contributed by atoms with Gasteiger partial charge in [-0.05, 0) is 5.92 Å². The fraction of sp³-hybridized carbons (Fsp3) is 0.571. The van der Waals surface area contributed by atoms with Gasteiger partial charge in [-0.25, -0.2) is 0 Å². The van der Waals surface area contributed by atoms with Gasteiger partial charge in [0.1, 0.15) is 5.71 Å². The Bertz CT molecular complexity index is 204. The molecule has 0 N–H and O–H groups in total. The fourth-order valence-electron chi connectivity index (χ4n) is 0.770. The number of hydrogen-bond donors (Lipinski definition) is 0. The van der Waals surface area contributed by atoms with Gasteiger partial charge in [-0.15, -0.1) is 0 Å². The summed E-state index contributed by atoms with van der Waals surface area (Å²) >= 11 is 0. The number of hydrogen-bond acceptors (Lipinski definition) is 3. The van der Waals surface area contributed by atoms with Gasteiger partial charge in [0, 0.05) is 12.1 Å². The molecule has 0 fully saturated rings. The lowest BCUT2D eigenvalue weighted by Crippen LogP contribution is -2.08. The molecule has 0 amide bonds. The number of rotatable bonds is 2. The van der Waals surface area contributed by atoms with Crippen molar-refractivity contribution in [2.24, 2.45) is 16.1 Å². The summed E-state index contributed by atoms with van der Waals surface area (Å²) < 4.78 is 0. The Morgan fingerprint density at radius 2 is 2.20 bits per heavy atom. The van der Waals surface area contributed by atoms with Gasteiger partial charge in [0.25, 0.3) is 0 Å². The van der Waals surface area contributed by atoms with E-state index in [0.29, 0.717) is 18.1 Å². The van der Waals surface area contributed by atoms with Crippen molar-refractivity contribution >= 4 is 17.7 Å². The third-order valence-electron chi connectivity index (χ3n) is 1.47. The highest BCUT2D eigenvalue weighted by Gasteiger charge is 2.13. The molecule has 1 rings (SSSR count). The smallest absolute Gasteiger partial charge is 0.166 e. The van der Waals surface area contributed by atoms with Crippen LogP contribution in [0.25, 0.3) is 0 Å². The second-order valence-corrected chi connectivity index (χ2v) is 2.63. The molecule has 0 unspecified atom stereocenters. The van der Waals surface area contributed by atoms with Gasteiger partial charge in [-0.1, -0.05) is 13.8 Å². The molecule has 0 aromatic carbocycles. The molecule has 1 aliphatic heterocycles. The molecule has 0 saturated heterocycles. The fourth-order valence-corrected chi connectivity index (χ4v) is 0.770. The van der Waals surface area contributed by atoms with Gasteiger partial charge in [0.2, 0.25) is 0 Å². The van der Waals surface area contributed by atoms with Crippen LogP contribution in [0.3, 0.4) is 0 Å². The Labute approximate surface area is 59.8 Å². The van der Waals surface area contributed by atoms with Crippen molar-refractivity contribution in [3.63, 3.8) is 0 Å². The molecule has 0 aromatic heterocycles. The van der Waals surface area contributed by atoms with Crippen LogP contribution < -0.4 is 0 Å². The van der Waals surface area contributed by atoms with Crippen LogP contribution in [0.2, 0.25) is 0 Å².